The van der Waals surface area contributed by atoms with Crippen LogP contribution in [-0.4, -0.2) is 14.3 Å². The third kappa shape index (κ3) is 5.28. The molecule has 3 rings (SSSR count). The number of carbonyl (C=O) groups excluding carboxylic acids is 1. The zero-order chi connectivity index (χ0) is 20.0. The van der Waals surface area contributed by atoms with E-state index in [0.717, 1.165) is 16.7 Å². The maximum absolute atomic E-state index is 12.3. The van der Waals surface area contributed by atoms with Gasteiger partial charge in [0.25, 0.3) is 5.91 Å². The summed E-state index contributed by atoms with van der Waals surface area (Å²) < 4.78 is 27.3. The summed E-state index contributed by atoms with van der Waals surface area (Å²) in [5.41, 5.74) is 3.40. The number of benzene rings is 3. The molecule has 0 atom stereocenters. The van der Waals surface area contributed by atoms with Crippen molar-refractivity contribution in [2.75, 3.05) is 0 Å². The van der Waals surface area contributed by atoms with Gasteiger partial charge in [-0.15, -0.1) is 0 Å². The van der Waals surface area contributed by atoms with E-state index in [9.17, 15) is 13.2 Å². The number of rotatable bonds is 7. The first-order chi connectivity index (χ1) is 13.4. The molecule has 0 bridgehead atoms. The SMILES string of the molecule is Cc1ccc(S(=O)(=O)NCc2ccc(CNC(=O)c3ccccc3)cc2)cc1. The van der Waals surface area contributed by atoms with Crippen LogP contribution in [0, 0.1) is 6.92 Å². The van der Waals surface area contributed by atoms with Gasteiger partial charge in [0.2, 0.25) is 10.0 Å². The van der Waals surface area contributed by atoms with E-state index in [0.29, 0.717) is 12.1 Å². The number of amides is 1. The normalized spacial score (nSPS) is 11.2. The van der Waals surface area contributed by atoms with Crippen LogP contribution >= 0.6 is 0 Å². The van der Waals surface area contributed by atoms with E-state index >= 15 is 0 Å². The molecule has 5 nitrogen and oxygen atoms in total. The van der Waals surface area contributed by atoms with Gasteiger partial charge in [-0.3, -0.25) is 4.79 Å². The van der Waals surface area contributed by atoms with Crippen molar-refractivity contribution in [3.8, 4) is 0 Å². The molecule has 28 heavy (non-hydrogen) atoms. The monoisotopic (exact) mass is 394 g/mol. The lowest BCUT2D eigenvalue weighted by Crippen LogP contribution is -2.23. The topological polar surface area (TPSA) is 75.3 Å². The Morgan fingerprint density at radius 2 is 1.36 bits per heavy atom. The molecule has 0 saturated carbocycles. The second kappa shape index (κ2) is 8.82. The van der Waals surface area contributed by atoms with Gasteiger partial charge in [0.05, 0.1) is 4.90 Å². The summed E-state index contributed by atoms with van der Waals surface area (Å²) in [7, 11) is -3.54. The van der Waals surface area contributed by atoms with Crippen molar-refractivity contribution in [2.24, 2.45) is 0 Å². The van der Waals surface area contributed by atoms with E-state index in [1.165, 1.54) is 0 Å². The van der Waals surface area contributed by atoms with Crippen LogP contribution in [-0.2, 0) is 23.1 Å². The van der Waals surface area contributed by atoms with E-state index in [1.807, 2.05) is 49.4 Å². The summed E-state index contributed by atoms with van der Waals surface area (Å²) in [6.45, 7) is 2.52. The second-order valence-corrected chi connectivity index (χ2v) is 8.27. The summed E-state index contributed by atoms with van der Waals surface area (Å²) in [6.07, 6.45) is 0. The molecule has 0 radical (unpaired) electrons. The van der Waals surface area contributed by atoms with Gasteiger partial charge in [0.1, 0.15) is 0 Å². The number of hydrogen-bond acceptors (Lipinski definition) is 3. The van der Waals surface area contributed by atoms with Crippen molar-refractivity contribution in [3.05, 3.63) is 101 Å². The number of nitrogens with one attached hydrogen (secondary N) is 2. The lowest BCUT2D eigenvalue weighted by Gasteiger charge is -2.09. The summed E-state index contributed by atoms with van der Waals surface area (Å²) >= 11 is 0. The first-order valence-corrected chi connectivity index (χ1v) is 10.4. The summed E-state index contributed by atoms with van der Waals surface area (Å²) in [5.74, 6) is -0.129. The van der Waals surface area contributed by atoms with Gasteiger partial charge in [-0.2, -0.15) is 0 Å². The lowest BCUT2D eigenvalue weighted by molar-refractivity contribution is 0.0951. The van der Waals surface area contributed by atoms with Crippen molar-refractivity contribution < 1.29 is 13.2 Å². The Morgan fingerprint density at radius 3 is 1.96 bits per heavy atom. The summed E-state index contributed by atoms with van der Waals surface area (Å²) in [5, 5.41) is 2.87. The Hall–Kier alpha value is -2.96. The van der Waals surface area contributed by atoms with E-state index in [2.05, 4.69) is 10.0 Å². The third-order valence-corrected chi connectivity index (χ3v) is 5.73. The molecule has 2 N–H and O–H groups in total. The number of carbonyl (C=O) groups is 1. The highest BCUT2D eigenvalue weighted by molar-refractivity contribution is 7.89. The highest BCUT2D eigenvalue weighted by atomic mass is 32.2. The smallest absolute Gasteiger partial charge is 0.251 e. The second-order valence-electron chi connectivity index (χ2n) is 6.50. The Kier molecular flexibility index (Phi) is 6.23. The van der Waals surface area contributed by atoms with Gasteiger partial charge in [-0.25, -0.2) is 13.1 Å². The maximum atomic E-state index is 12.3. The summed E-state index contributed by atoms with van der Waals surface area (Å²) in [6, 6.07) is 23.2. The molecule has 0 aliphatic rings. The molecule has 0 aromatic heterocycles. The fourth-order valence-corrected chi connectivity index (χ4v) is 3.65. The average Bonchev–Trinajstić information content (AvgIpc) is 2.72. The third-order valence-electron chi connectivity index (χ3n) is 4.31. The van der Waals surface area contributed by atoms with Gasteiger partial charge < -0.3 is 5.32 Å². The van der Waals surface area contributed by atoms with E-state index in [1.54, 1.807) is 36.4 Å². The Labute approximate surface area is 165 Å². The largest absolute Gasteiger partial charge is 0.348 e. The van der Waals surface area contributed by atoms with Crippen LogP contribution in [0.25, 0.3) is 0 Å². The molecule has 0 aliphatic carbocycles. The van der Waals surface area contributed by atoms with E-state index in [4.69, 9.17) is 0 Å². The average molecular weight is 394 g/mol. The molecule has 0 heterocycles. The Bertz CT molecular complexity index is 1030. The highest BCUT2D eigenvalue weighted by Crippen LogP contribution is 2.11. The standard InChI is InChI=1S/C22H22N2O3S/c1-17-7-13-21(14-8-17)28(26,27)24-16-19-11-9-18(10-12-19)15-23-22(25)20-5-3-2-4-6-20/h2-14,24H,15-16H2,1H3,(H,23,25). The highest BCUT2D eigenvalue weighted by Gasteiger charge is 2.13. The summed E-state index contributed by atoms with van der Waals surface area (Å²) in [4.78, 5) is 12.3. The molecule has 0 saturated heterocycles. The minimum Gasteiger partial charge on any atom is -0.348 e. The fourth-order valence-electron chi connectivity index (χ4n) is 2.63. The van der Waals surface area contributed by atoms with Crippen LogP contribution in [0.4, 0.5) is 0 Å². The molecule has 0 aliphatic heterocycles. The van der Waals surface area contributed by atoms with Crippen LogP contribution in [0.5, 0.6) is 0 Å². The number of hydrogen-bond donors (Lipinski definition) is 2. The predicted octanol–water partition coefficient (Wildman–Crippen LogP) is 3.40. The predicted molar refractivity (Wildman–Crippen MR) is 109 cm³/mol. The molecular formula is C22H22N2O3S. The minimum absolute atomic E-state index is 0.129. The lowest BCUT2D eigenvalue weighted by atomic mass is 10.1. The van der Waals surface area contributed by atoms with Crippen LogP contribution in [0.2, 0.25) is 0 Å². The van der Waals surface area contributed by atoms with Crippen LogP contribution in [0.3, 0.4) is 0 Å². The number of aryl methyl sites for hydroxylation is 1. The first kappa shape index (κ1) is 19.8. The van der Waals surface area contributed by atoms with E-state index < -0.39 is 10.0 Å². The molecule has 3 aromatic rings. The maximum Gasteiger partial charge on any atom is 0.251 e. The van der Waals surface area contributed by atoms with Crippen molar-refractivity contribution in [2.45, 2.75) is 24.9 Å². The molecule has 0 unspecified atom stereocenters. The molecular weight excluding hydrogens is 372 g/mol. The fraction of sp³-hybridized carbons (Fsp3) is 0.136. The Morgan fingerprint density at radius 1 is 0.786 bits per heavy atom. The zero-order valence-corrected chi connectivity index (χ0v) is 16.4. The molecule has 0 spiro atoms. The molecule has 3 aromatic carbocycles. The molecule has 144 valence electrons. The number of sulfonamides is 1. The van der Waals surface area contributed by atoms with Crippen LogP contribution in [0.1, 0.15) is 27.0 Å². The van der Waals surface area contributed by atoms with Gasteiger partial charge in [-0.05, 0) is 42.3 Å². The van der Waals surface area contributed by atoms with Crippen molar-refractivity contribution in [1.82, 2.24) is 10.0 Å². The van der Waals surface area contributed by atoms with Crippen molar-refractivity contribution >= 4 is 15.9 Å². The molecule has 6 heteroatoms. The van der Waals surface area contributed by atoms with Gasteiger partial charge in [0, 0.05) is 18.7 Å². The van der Waals surface area contributed by atoms with Gasteiger partial charge in [-0.1, -0.05) is 60.2 Å². The Balaban J connectivity index is 1.54. The van der Waals surface area contributed by atoms with Crippen molar-refractivity contribution in [3.63, 3.8) is 0 Å². The molecule has 1 amide bonds. The van der Waals surface area contributed by atoms with Gasteiger partial charge >= 0.3 is 0 Å². The van der Waals surface area contributed by atoms with Crippen molar-refractivity contribution in [1.29, 1.82) is 0 Å². The zero-order valence-electron chi connectivity index (χ0n) is 15.6. The van der Waals surface area contributed by atoms with Gasteiger partial charge in [0.15, 0.2) is 0 Å². The minimum atomic E-state index is -3.54. The first-order valence-electron chi connectivity index (χ1n) is 8.91. The van der Waals surface area contributed by atoms with Crippen LogP contribution in [0.15, 0.2) is 83.8 Å². The van der Waals surface area contributed by atoms with E-state index in [-0.39, 0.29) is 17.3 Å². The molecule has 0 fully saturated rings. The van der Waals surface area contributed by atoms with Crippen LogP contribution < -0.4 is 10.0 Å². The quantitative estimate of drug-likeness (QED) is 0.645.